The van der Waals surface area contributed by atoms with E-state index in [1.54, 1.807) is 11.0 Å². The number of carbonyl (C=O) groups is 1. The molecule has 14 heteroatoms. The van der Waals surface area contributed by atoms with Crippen LogP contribution < -0.4 is 5.69 Å². The molecule has 6 rings (SSSR count). The molecular weight excluding hydrogens is 626 g/mol. The number of para-hydroxylation sites is 2. The van der Waals surface area contributed by atoms with Gasteiger partial charge in [-0.3, -0.25) is 14.0 Å². The molecule has 1 saturated heterocycles. The molecule has 240 valence electrons. The lowest BCUT2D eigenvalue weighted by Crippen LogP contribution is -2.42. The lowest BCUT2D eigenvalue weighted by molar-refractivity contribution is -0.129. The van der Waals surface area contributed by atoms with Crippen molar-refractivity contribution in [2.24, 2.45) is 0 Å². The molecule has 1 amide bonds. The minimum atomic E-state index is -4.39. The van der Waals surface area contributed by atoms with Gasteiger partial charge >= 0.3 is 11.2 Å². The van der Waals surface area contributed by atoms with Crippen molar-refractivity contribution in [3.8, 4) is 11.3 Å². The van der Waals surface area contributed by atoms with Gasteiger partial charge in [-0.1, -0.05) is 18.2 Å². The van der Waals surface area contributed by atoms with Gasteiger partial charge in [-0.25, -0.2) is 4.79 Å². The molecule has 0 aliphatic carbocycles. The van der Waals surface area contributed by atoms with Gasteiger partial charge in [0.05, 0.1) is 29.4 Å². The molecule has 2 aliphatic rings. The summed E-state index contributed by atoms with van der Waals surface area (Å²) < 4.78 is 42.8. The molecule has 1 atom stereocenters. The fraction of sp³-hybridized carbons (Fsp3) is 0.452. The van der Waals surface area contributed by atoms with Crippen LogP contribution in [0.3, 0.4) is 0 Å². The maximum absolute atomic E-state index is 13.1. The van der Waals surface area contributed by atoms with Crippen LogP contribution in [0, 0.1) is 0 Å². The molecule has 9 nitrogen and oxygen atoms in total. The van der Waals surface area contributed by atoms with Gasteiger partial charge in [-0.2, -0.15) is 18.3 Å². The molecular formula is C31H35F3N6O3S2. The Bertz CT molecular complexity index is 1760. The van der Waals surface area contributed by atoms with E-state index in [0.717, 1.165) is 48.2 Å². The first-order valence-electron chi connectivity index (χ1n) is 14.9. The average Bonchev–Trinajstić information content (AvgIpc) is 3.52. The Morgan fingerprint density at radius 1 is 1.13 bits per heavy atom. The highest BCUT2D eigenvalue weighted by Crippen LogP contribution is 2.42. The number of imidazole rings is 1. The third-order valence-corrected chi connectivity index (χ3v) is 10.1. The zero-order chi connectivity index (χ0) is 31.9. The highest BCUT2D eigenvalue weighted by Gasteiger charge is 2.32. The van der Waals surface area contributed by atoms with Crippen molar-refractivity contribution in [3.05, 3.63) is 64.2 Å². The topological polar surface area (TPSA) is 99.4 Å². The van der Waals surface area contributed by atoms with Crippen molar-refractivity contribution in [2.45, 2.75) is 66.7 Å². The summed E-state index contributed by atoms with van der Waals surface area (Å²) in [6, 6.07) is 12.4. The quantitative estimate of drug-likeness (QED) is 0.253. The number of carbonyl (C=O) groups excluding carboxylic acids is 1. The summed E-state index contributed by atoms with van der Waals surface area (Å²) in [5.74, 6) is -0.0558. The highest BCUT2D eigenvalue weighted by atomic mass is 32.2. The van der Waals surface area contributed by atoms with Crippen LogP contribution in [0.2, 0.25) is 0 Å². The molecule has 0 bridgehead atoms. The number of aliphatic hydroxyl groups excluding tert-OH is 1. The summed E-state index contributed by atoms with van der Waals surface area (Å²) in [5, 5.41) is 16.1. The number of piperidine rings is 1. The Labute approximate surface area is 266 Å². The van der Waals surface area contributed by atoms with Crippen LogP contribution in [0.25, 0.3) is 22.3 Å². The molecule has 4 heterocycles. The molecule has 2 aromatic carbocycles. The number of H-pyrrole nitrogens is 1. The van der Waals surface area contributed by atoms with Crippen LogP contribution in [0.4, 0.5) is 13.2 Å². The average molecular weight is 661 g/mol. The predicted octanol–water partition coefficient (Wildman–Crippen LogP) is 5.13. The lowest BCUT2D eigenvalue weighted by atomic mass is 10.0. The van der Waals surface area contributed by atoms with E-state index in [-0.39, 0.29) is 40.8 Å². The third-order valence-electron chi connectivity index (χ3n) is 8.64. The highest BCUT2D eigenvalue weighted by molar-refractivity contribution is 8.00. The fourth-order valence-electron chi connectivity index (χ4n) is 6.54. The van der Waals surface area contributed by atoms with Gasteiger partial charge in [0, 0.05) is 78.7 Å². The van der Waals surface area contributed by atoms with Gasteiger partial charge in [0.2, 0.25) is 5.91 Å². The Morgan fingerprint density at radius 3 is 2.60 bits per heavy atom. The first kappa shape index (κ1) is 31.8. The Balaban J connectivity index is 1.19. The number of halogens is 3. The number of hydrogen-bond donors (Lipinski definition) is 2. The van der Waals surface area contributed by atoms with E-state index in [0.29, 0.717) is 42.2 Å². The maximum atomic E-state index is 13.1. The van der Waals surface area contributed by atoms with Crippen molar-refractivity contribution in [2.75, 3.05) is 32.4 Å². The van der Waals surface area contributed by atoms with Crippen molar-refractivity contribution >= 4 is 40.5 Å². The monoisotopic (exact) mass is 660 g/mol. The van der Waals surface area contributed by atoms with E-state index >= 15 is 0 Å². The van der Waals surface area contributed by atoms with E-state index in [1.807, 2.05) is 39.8 Å². The smallest absolute Gasteiger partial charge is 0.390 e. The fourth-order valence-corrected chi connectivity index (χ4v) is 7.83. The SMILES string of the molecule is CSc1cc(SC(F)(F)F)ccc1-c1nn(CC(O)CN2CCC(n3c(=O)[nH]c4ccccc43)CC2)c2c1CN(C(C)=O)CC2. The number of benzene rings is 2. The van der Waals surface area contributed by atoms with Gasteiger partial charge in [-0.15, -0.1) is 11.8 Å². The van der Waals surface area contributed by atoms with E-state index in [4.69, 9.17) is 5.10 Å². The van der Waals surface area contributed by atoms with Crippen LogP contribution >= 0.6 is 23.5 Å². The zero-order valence-electron chi connectivity index (χ0n) is 25.0. The van der Waals surface area contributed by atoms with Gasteiger partial charge in [-0.05, 0) is 55.1 Å². The number of aromatic nitrogens is 4. The number of likely N-dealkylation sites (tertiary alicyclic amines) is 1. The number of nitrogens with zero attached hydrogens (tertiary/aromatic N) is 5. The van der Waals surface area contributed by atoms with Gasteiger partial charge in [0.1, 0.15) is 0 Å². The number of nitrogens with one attached hydrogen (secondary N) is 1. The van der Waals surface area contributed by atoms with E-state index in [9.17, 15) is 27.9 Å². The molecule has 0 radical (unpaired) electrons. The number of fused-ring (bicyclic) bond motifs is 2. The van der Waals surface area contributed by atoms with Gasteiger partial charge < -0.3 is 19.9 Å². The summed E-state index contributed by atoms with van der Waals surface area (Å²) in [6.07, 6.45) is 3.24. The second-order valence-corrected chi connectivity index (χ2v) is 13.5. The Hall–Kier alpha value is -3.20. The molecule has 2 aliphatic heterocycles. The predicted molar refractivity (Wildman–Crippen MR) is 169 cm³/mol. The number of thioether (sulfide) groups is 2. The first-order valence-corrected chi connectivity index (χ1v) is 16.9. The van der Waals surface area contributed by atoms with Crippen LogP contribution in [0.5, 0.6) is 0 Å². The largest absolute Gasteiger partial charge is 0.446 e. The number of aromatic amines is 1. The first-order chi connectivity index (χ1) is 21.5. The van der Waals surface area contributed by atoms with Gasteiger partial charge in [0.15, 0.2) is 0 Å². The number of hydrogen-bond acceptors (Lipinski definition) is 7. The number of rotatable bonds is 8. The minimum Gasteiger partial charge on any atom is -0.390 e. The standard InChI is InChI=1S/C31H35F3N6O3S2/c1-19(41)38-14-11-26-24(18-38)29(23-8-7-22(15-28(23)44-2)45-31(32,33)34)36-39(26)17-21(42)16-37-12-9-20(10-13-37)40-27-6-4-3-5-25(27)35-30(40)43/h3-8,15,20-21,42H,9-14,16-18H2,1-2H3,(H,35,43). The molecule has 1 fully saturated rings. The zero-order valence-corrected chi connectivity index (χ0v) is 26.6. The summed E-state index contributed by atoms with van der Waals surface area (Å²) in [6.45, 7) is 4.57. The van der Waals surface area contributed by atoms with Crippen molar-refractivity contribution < 1.29 is 23.1 Å². The van der Waals surface area contributed by atoms with Gasteiger partial charge in [0.25, 0.3) is 0 Å². The van der Waals surface area contributed by atoms with Crippen molar-refractivity contribution in [1.29, 1.82) is 0 Å². The van der Waals surface area contributed by atoms with Crippen LogP contribution in [-0.4, -0.2) is 84.2 Å². The normalized spacial score (nSPS) is 17.2. The molecule has 0 spiro atoms. The molecule has 2 N–H and O–H groups in total. The summed E-state index contributed by atoms with van der Waals surface area (Å²) in [4.78, 5) is 32.6. The van der Waals surface area contributed by atoms with E-state index in [2.05, 4.69) is 9.88 Å². The summed E-state index contributed by atoms with van der Waals surface area (Å²) in [5.41, 5.74) is 0.367. The lowest BCUT2D eigenvalue weighted by Gasteiger charge is -2.33. The summed E-state index contributed by atoms with van der Waals surface area (Å²) >= 11 is 1.19. The summed E-state index contributed by atoms with van der Waals surface area (Å²) in [7, 11) is 0. The number of β-amino-alcohol motifs (C(OH)–C–C–N with tert-alkyl or cyclic N) is 1. The van der Waals surface area contributed by atoms with E-state index in [1.165, 1.54) is 30.8 Å². The third kappa shape index (κ3) is 6.83. The number of amides is 1. The number of aliphatic hydroxyl groups is 1. The van der Waals surface area contributed by atoms with Crippen LogP contribution in [-0.2, 0) is 24.3 Å². The van der Waals surface area contributed by atoms with Crippen LogP contribution in [0.15, 0.2) is 57.1 Å². The molecule has 4 aromatic rings. The Morgan fingerprint density at radius 2 is 1.89 bits per heavy atom. The maximum Gasteiger partial charge on any atom is 0.446 e. The molecule has 0 saturated carbocycles. The second-order valence-electron chi connectivity index (χ2n) is 11.6. The number of alkyl halides is 3. The second kappa shape index (κ2) is 12.9. The molecule has 2 aromatic heterocycles. The van der Waals surface area contributed by atoms with Crippen molar-refractivity contribution in [3.63, 3.8) is 0 Å². The van der Waals surface area contributed by atoms with Crippen molar-refractivity contribution in [1.82, 2.24) is 29.1 Å². The molecule has 45 heavy (non-hydrogen) atoms. The Kier molecular flexibility index (Phi) is 9.10. The van der Waals surface area contributed by atoms with Crippen LogP contribution in [0.1, 0.15) is 37.1 Å². The molecule has 1 unspecified atom stereocenters. The minimum absolute atomic E-state index is 0.0558. The van der Waals surface area contributed by atoms with E-state index < -0.39 is 11.6 Å².